The van der Waals surface area contributed by atoms with Crippen LogP contribution in [-0.2, 0) is 0 Å². The van der Waals surface area contributed by atoms with Crippen molar-refractivity contribution in [3.8, 4) is 0 Å². The molecule has 1 aromatic carbocycles. The molecule has 0 aliphatic carbocycles. The standard InChI is InChI=1S/C10H13BrClN5/c1-2-17(10(15)16-9(13)14)8-4-3-6(11)5-7(8)12/h3-5H,2H2,1H3,(H5,13,14,15,16). The predicted molar refractivity (Wildman–Crippen MR) is 75.7 cm³/mol. The van der Waals surface area contributed by atoms with Gasteiger partial charge in [-0.25, -0.2) is 0 Å². The normalized spacial score (nSPS) is 9.82. The van der Waals surface area contributed by atoms with Crippen molar-refractivity contribution in [2.45, 2.75) is 6.92 Å². The van der Waals surface area contributed by atoms with Crippen molar-refractivity contribution in [3.05, 3.63) is 27.7 Å². The van der Waals surface area contributed by atoms with Crippen molar-refractivity contribution < 1.29 is 0 Å². The number of halogens is 2. The molecule has 0 aliphatic heterocycles. The van der Waals surface area contributed by atoms with E-state index in [0.717, 1.165) is 4.47 Å². The second-order valence-corrected chi connectivity index (χ2v) is 4.52. The van der Waals surface area contributed by atoms with E-state index in [-0.39, 0.29) is 11.9 Å². The summed E-state index contributed by atoms with van der Waals surface area (Å²) in [6, 6.07) is 5.39. The van der Waals surface area contributed by atoms with Crippen LogP contribution in [0.4, 0.5) is 5.69 Å². The maximum Gasteiger partial charge on any atom is 0.225 e. The molecule has 0 fully saturated rings. The highest BCUT2D eigenvalue weighted by Crippen LogP contribution is 2.29. The molecule has 0 heterocycles. The largest absolute Gasteiger partial charge is 0.370 e. The lowest BCUT2D eigenvalue weighted by Crippen LogP contribution is -2.33. The van der Waals surface area contributed by atoms with Gasteiger partial charge in [-0.05, 0) is 25.1 Å². The van der Waals surface area contributed by atoms with Crippen LogP contribution in [0.2, 0.25) is 5.02 Å². The van der Waals surface area contributed by atoms with E-state index in [2.05, 4.69) is 20.9 Å². The van der Waals surface area contributed by atoms with Gasteiger partial charge in [0.1, 0.15) is 0 Å². The molecule has 0 aromatic heterocycles. The SMILES string of the molecule is CCN(C(=N)N=C(N)N)c1ccc(Br)cc1Cl. The molecule has 0 aliphatic rings. The number of nitrogens with zero attached hydrogens (tertiary/aromatic N) is 2. The molecular weight excluding hydrogens is 306 g/mol. The highest BCUT2D eigenvalue weighted by atomic mass is 79.9. The highest BCUT2D eigenvalue weighted by molar-refractivity contribution is 9.10. The van der Waals surface area contributed by atoms with E-state index in [9.17, 15) is 0 Å². The predicted octanol–water partition coefficient (Wildman–Crippen LogP) is 2.14. The quantitative estimate of drug-likeness (QED) is 0.576. The van der Waals surface area contributed by atoms with Crippen molar-refractivity contribution >= 4 is 45.1 Å². The van der Waals surface area contributed by atoms with Gasteiger partial charge >= 0.3 is 0 Å². The Morgan fingerprint density at radius 1 is 1.53 bits per heavy atom. The zero-order chi connectivity index (χ0) is 13.0. The van der Waals surface area contributed by atoms with Crippen molar-refractivity contribution in [3.63, 3.8) is 0 Å². The average molecular weight is 319 g/mol. The molecular formula is C10H13BrClN5. The van der Waals surface area contributed by atoms with Gasteiger partial charge in [0.2, 0.25) is 5.96 Å². The summed E-state index contributed by atoms with van der Waals surface area (Å²) in [7, 11) is 0. The second kappa shape index (κ2) is 5.88. The molecule has 1 rings (SSSR count). The second-order valence-electron chi connectivity index (χ2n) is 3.20. The van der Waals surface area contributed by atoms with Crippen molar-refractivity contribution in [2.24, 2.45) is 16.5 Å². The molecule has 92 valence electrons. The highest BCUT2D eigenvalue weighted by Gasteiger charge is 2.13. The maximum atomic E-state index is 7.77. The van der Waals surface area contributed by atoms with E-state index in [1.807, 2.05) is 13.0 Å². The topological polar surface area (TPSA) is 91.5 Å². The van der Waals surface area contributed by atoms with Crippen molar-refractivity contribution in [1.29, 1.82) is 5.41 Å². The molecule has 0 amide bonds. The maximum absolute atomic E-state index is 7.77. The van der Waals surface area contributed by atoms with E-state index in [0.29, 0.717) is 17.3 Å². The monoisotopic (exact) mass is 317 g/mol. The third-order valence-corrected chi connectivity index (χ3v) is 2.80. The number of anilines is 1. The first-order valence-corrected chi connectivity index (χ1v) is 6.03. The Morgan fingerprint density at radius 3 is 2.65 bits per heavy atom. The van der Waals surface area contributed by atoms with E-state index in [4.69, 9.17) is 28.5 Å². The van der Waals surface area contributed by atoms with Crippen LogP contribution in [-0.4, -0.2) is 18.5 Å². The molecule has 7 heteroatoms. The molecule has 5 nitrogen and oxygen atoms in total. The molecule has 0 bridgehead atoms. The Balaban J connectivity index is 3.10. The summed E-state index contributed by atoms with van der Waals surface area (Å²) in [4.78, 5) is 5.31. The van der Waals surface area contributed by atoms with Crippen LogP contribution in [0.3, 0.4) is 0 Å². The Bertz CT molecular complexity index is 456. The minimum absolute atomic E-state index is 0.0447. The number of hydrogen-bond donors (Lipinski definition) is 3. The summed E-state index contributed by atoms with van der Waals surface area (Å²) >= 11 is 9.42. The van der Waals surface area contributed by atoms with Crippen molar-refractivity contribution in [2.75, 3.05) is 11.4 Å². The summed E-state index contributed by atoms with van der Waals surface area (Å²) in [5.74, 6) is -0.196. The molecule has 0 atom stereocenters. The summed E-state index contributed by atoms with van der Waals surface area (Å²) in [5, 5.41) is 8.30. The summed E-state index contributed by atoms with van der Waals surface area (Å²) in [6.07, 6.45) is 0. The summed E-state index contributed by atoms with van der Waals surface area (Å²) < 4.78 is 0.871. The van der Waals surface area contributed by atoms with Gasteiger partial charge in [-0.3, -0.25) is 5.41 Å². The van der Waals surface area contributed by atoms with Crippen LogP contribution in [0.15, 0.2) is 27.7 Å². The number of rotatable bonds is 2. The molecule has 1 aromatic rings. The van der Waals surface area contributed by atoms with Crippen molar-refractivity contribution in [1.82, 2.24) is 0 Å². The molecule has 0 unspecified atom stereocenters. The van der Waals surface area contributed by atoms with E-state index >= 15 is 0 Å². The van der Waals surface area contributed by atoms with Gasteiger partial charge in [-0.1, -0.05) is 27.5 Å². The van der Waals surface area contributed by atoms with Gasteiger partial charge in [0, 0.05) is 11.0 Å². The van der Waals surface area contributed by atoms with Crippen LogP contribution in [0.1, 0.15) is 6.92 Å². The third kappa shape index (κ3) is 3.61. The first-order chi connectivity index (χ1) is 7.95. The number of nitrogens with one attached hydrogen (secondary N) is 1. The van der Waals surface area contributed by atoms with Crippen LogP contribution in [0.25, 0.3) is 0 Å². The third-order valence-electron chi connectivity index (χ3n) is 2.01. The lowest BCUT2D eigenvalue weighted by atomic mass is 10.3. The van der Waals surface area contributed by atoms with Crippen LogP contribution < -0.4 is 16.4 Å². The first kappa shape index (κ1) is 13.8. The minimum Gasteiger partial charge on any atom is -0.370 e. The lowest BCUT2D eigenvalue weighted by Gasteiger charge is -2.22. The zero-order valence-corrected chi connectivity index (χ0v) is 11.6. The lowest BCUT2D eigenvalue weighted by molar-refractivity contribution is 1.03. The smallest absolute Gasteiger partial charge is 0.225 e. The Morgan fingerprint density at radius 2 is 2.18 bits per heavy atom. The zero-order valence-electron chi connectivity index (χ0n) is 9.24. The number of nitrogens with two attached hydrogens (primary N) is 2. The minimum atomic E-state index is -0.151. The molecule has 5 N–H and O–H groups in total. The van der Waals surface area contributed by atoms with Crippen LogP contribution in [0.5, 0.6) is 0 Å². The van der Waals surface area contributed by atoms with Crippen LogP contribution >= 0.6 is 27.5 Å². The molecule has 17 heavy (non-hydrogen) atoms. The number of guanidine groups is 2. The number of hydrogen-bond acceptors (Lipinski definition) is 1. The average Bonchev–Trinajstić information content (AvgIpc) is 2.21. The number of benzene rings is 1. The number of aliphatic imine (C=N–C) groups is 1. The van der Waals surface area contributed by atoms with Gasteiger partial charge in [-0.15, -0.1) is 0 Å². The molecule has 0 saturated heterocycles. The Kier molecular flexibility index (Phi) is 4.77. The molecule has 0 saturated carbocycles. The van der Waals surface area contributed by atoms with Gasteiger partial charge in [0.25, 0.3) is 0 Å². The van der Waals surface area contributed by atoms with E-state index in [1.165, 1.54) is 0 Å². The van der Waals surface area contributed by atoms with Gasteiger partial charge < -0.3 is 16.4 Å². The fraction of sp³-hybridized carbons (Fsp3) is 0.200. The van der Waals surface area contributed by atoms with Crippen LogP contribution in [0, 0.1) is 5.41 Å². The first-order valence-electron chi connectivity index (χ1n) is 4.86. The van der Waals surface area contributed by atoms with Gasteiger partial charge in [-0.2, -0.15) is 4.99 Å². The Labute approximate surface area is 113 Å². The van der Waals surface area contributed by atoms with E-state index < -0.39 is 0 Å². The fourth-order valence-electron chi connectivity index (χ4n) is 1.32. The summed E-state index contributed by atoms with van der Waals surface area (Å²) in [5.41, 5.74) is 11.2. The molecule has 0 radical (unpaired) electrons. The fourth-order valence-corrected chi connectivity index (χ4v) is 2.09. The van der Waals surface area contributed by atoms with Gasteiger partial charge in [0.05, 0.1) is 10.7 Å². The van der Waals surface area contributed by atoms with Gasteiger partial charge in [0.15, 0.2) is 5.96 Å². The summed E-state index contributed by atoms with van der Waals surface area (Å²) in [6.45, 7) is 2.42. The Hall–Kier alpha value is -1.27. The molecule has 0 spiro atoms. The van der Waals surface area contributed by atoms with E-state index in [1.54, 1.807) is 17.0 Å².